The molecule has 0 aliphatic heterocycles. The summed E-state index contributed by atoms with van der Waals surface area (Å²) in [7, 11) is 1.50. The van der Waals surface area contributed by atoms with E-state index in [1.807, 2.05) is 20.8 Å². The number of amides is 1. The van der Waals surface area contributed by atoms with Gasteiger partial charge in [-0.25, -0.2) is 0 Å². The van der Waals surface area contributed by atoms with E-state index in [9.17, 15) is 4.79 Å². The molecule has 0 unspecified atom stereocenters. The van der Waals surface area contributed by atoms with Gasteiger partial charge in [-0.3, -0.25) is 4.79 Å². The molecule has 0 fully saturated rings. The minimum Gasteiger partial charge on any atom is -0.375 e. The van der Waals surface area contributed by atoms with Crippen molar-refractivity contribution in [2.24, 2.45) is 0 Å². The molecule has 0 heterocycles. The maximum absolute atomic E-state index is 10.4. The summed E-state index contributed by atoms with van der Waals surface area (Å²) in [6.07, 6.45) is 0. The Labute approximate surface area is 62.8 Å². The minimum absolute atomic E-state index is 0.0602. The lowest BCUT2D eigenvalue weighted by atomic mass is 10.6. The second kappa shape index (κ2) is 11.3. The van der Waals surface area contributed by atoms with Crippen LogP contribution in [0.1, 0.15) is 20.8 Å². The molecule has 0 saturated heterocycles. The highest BCUT2D eigenvalue weighted by molar-refractivity contribution is 5.76. The third-order valence-corrected chi connectivity index (χ3v) is 0.649. The number of methoxy groups -OCH3 is 1. The zero-order valence-electron chi connectivity index (χ0n) is 7.23. The third kappa shape index (κ3) is 10.4. The number of carbonyl (C=O) groups is 1. The summed E-state index contributed by atoms with van der Waals surface area (Å²) in [6, 6.07) is 0. The van der Waals surface area contributed by atoms with Crippen molar-refractivity contribution in [2.75, 3.05) is 20.3 Å². The first-order valence-electron chi connectivity index (χ1n) is 3.57. The lowest BCUT2D eigenvalue weighted by Gasteiger charge is -1.97. The molecule has 0 aromatic heterocycles. The smallest absolute Gasteiger partial charge is 0.245 e. The van der Waals surface area contributed by atoms with Gasteiger partial charge in [0.2, 0.25) is 5.91 Å². The molecular formula is C7H17NO2. The lowest BCUT2D eigenvalue weighted by Crippen LogP contribution is -2.26. The second-order valence-corrected chi connectivity index (χ2v) is 1.39. The number of nitrogens with one attached hydrogen (secondary N) is 1. The molecule has 0 spiro atoms. The predicted molar refractivity (Wildman–Crippen MR) is 41.9 cm³/mol. The summed E-state index contributed by atoms with van der Waals surface area (Å²) in [5.41, 5.74) is 0. The van der Waals surface area contributed by atoms with Gasteiger partial charge in [0.05, 0.1) is 0 Å². The Morgan fingerprint density at radius 1 is 1.50 bits per heavy atom. The van der Waals surface area contributed by atoms with Gasteiger partial charge in [0.25, 0.3) is 0 Å². The van der Waals surface area contributed by atoms with Crippen LogP contribution >= 0.6 is 0 Å². The Kier molecular flexibility index (Phi) is 13.7. The fourth-order valence-corrected chi connectivity index (χ4v) is 0.379. The summed E-state index contributed by atoms with van der Waals surface area (Å²) < 4.78 is 4.54. The van der Waals surface area contributed by atoms with Crippen molar-refractivity contribution in [1.82, 2.24) is 5.32 Å². The normalized spacial score (nSPS) is 7.60. The first-order chi connectivity index (χ1) is 4.81. The Balaban J connectivity index is 0. The van der Waals surface area contributed by atoms with Crippen LogP contribution in [-0.2, 0) is 9.53 Å². The number of rotatable bonds is 3. The van der Waals surface area contributed by atoms with E-state index in [2.05, 4.69) is 10.1 Å². The van der Waals surface area contributed by atoms with Gasteiger partial charge >= 0.3 is 0 Å². The number of hydrogen-bond donors (Lipinski definition) is 1. The molecular weight excluding hydrogens is 130 g/mol. The van der Waals surface area contributed by atoms with Crippen LogP contribution in [0.2, 0.25) is 0 Å². The van der Waals surface area contributed by atoms with Crippen LogP contribution in [-0.4, -0.2) is 26.2 Å². The Morgan fingerprint density at radius 3 is 2.30 bits per heavy atom. The molecule has 0 aliphatic carbocycles. The summed E-state index contributed by atoms with van der Waals surface area (Å²) in [4.78, 5) is 10.4. The monoisotopic (exact) mass is 147 g/mol. The SMILES string of the molecule is CC.CCNC(=O)COC. The van der Waals surface area contributed by atoms with Gasteiger partial charge < -0.3 is 10.1 Å². The second-order valence-electron chi connectivity index (χ2n) is 1.39. The first kappa shape index (κ1) is 12.1. The van der Waals surface area contributed by atoms with Crippen LogP contribution < -0.4 is 5.32 Å². The highest BCUT2D eigenvalue weighted by Gasteiger charge is 1.93. The summed E-state index contributed by atoms with van der Waals surface area (Å²) in [5, 5.41) is 2.58. The quantitative estimate of drug-likeness (QED) is 0.641. The standard InChI is InChI=1S/C5H11NO2.C2H6/c1-3-6-5(7)4-8-2;1-2/h3-4H2,1-2H3,(H,6,7);1-2H3. The largest absolute Gasteiger partial charge is 0.375 e. The van der Waals surface area contributed by atoms with Crippen LogP contribution in [0.4, 0.5) is 0 Å². The molecule has 10 heavy (non-hydrogen) atoms. The Morgan fingerprint density at radius 2 is 2.00 bits per heavy atom. The Hall–Kier alpha value is -0.570. The molecule has 3 nitrogen and oxygen atoms in total. The van der Waals surface area contributed by atoms with Crippen LogP contribution in [0.15, 0.2) is 0 Å². The molecule has 0 saturated carbocycles. The van der Waals surface area contributed by atoms with Crippen LogP contribution in [0.25, 0.3) is 0 Å². The zero-order chi connectivity index (χ0) is 8.41. The van der Waals surface area contributed by atoms with Crippen LogP contribution in [0.3, 0.4) is 0 Å². The van der Waals surface area contributed by atoms with Crippen molar-refractivity contribution in [3.05, 3.63) is 0 Å². The van der Waals surface area contributed by atoms with Gasteiger partial charge in [0.15, 0.2) is 0 Å². The average molecular weight is 147 g/mol. The highest BCUT2D eigenvalue weighted by atomic mass is 16.5. The molecule has 3 heteroatoms. The highest BCUT2D eigenvalue weighted by Crippen LogP contribution is 1.65. The lowest BCUT2D eigenvalue weighted by molar-refractivity contribution is -0.124. The molecule has 0 bridgehead atoms. The van der Waals surface area contributed by atoms with Crippen molar-refractivity contribution < 1.29 is 9.53 Å². The van der Waals surface area contributed by atoms with Crippen molar-refractivity contribution in [1.29, 1.82) is 0 Å². The molecule has 0 aromatic rings. The zero-order valence-corrected chi connectivity index (χ0v) is 7.23. The summed E-state index contributed by atoms with van der Waals surface area (Å²) >= 11 is 0. The van der Waals surface area contributed by atoms with Crippen LogP contribution in [0, 0.1) is 0 Å². The summed E-state index contributed by atoms with van der Waals surface area (Å²) in [5.74, 6) is -0.0602. The topological polar surface area (TPSA) is 38.3 Å². The van der Waals surface area contributed by atoms with E-state index >= 15 is 0 Å². The van der Waals surface area contributed by atoms with Gasteiger partial charge in [-0.2, -0.15) is 0 Å². The molecule has 0 aliphatic rings. The van der Waals surface area contributed by atoms with E-state index in [1.165, 1.54) is 7.11 Å². The van der Waals surface area contributed by atoms with Gasteiger partial charge in [0, 0.05) is 13.7 Å². The molecule has 1 amide bonds. The van der Waals surface area contributed by atoms with Crippen molar-refractivity contribution in [2.45, 2.75) is 20.8 Å². The predicted octanol–water partition coefficient (Wildman–Crippen LogP) is 0.795. The number of ether oxygens (including phenoxy) is 1. The number of likely N-dealkylation sites (N-methyl/N-ethyl adjacent to an activating group) is 1. The maximum Gasteiger partial charge on any atom is 0.245 e. The number of carbonyl (C=O) groups excluding carboxylic acids is 1. The van der Waals surface area contributed by atoms with E-state index in [-0.39, 0.29) is 12.5 Å². The van der Waals surface area contributed by atoms with Gasteiger partial charge in [0.1, 0.15) is 6.61 Å². The van der Waals surface area contributed by atoms with E-state index < -0.39 is 0 Å². The van der Waals surface area contributed by atoms with Gasteiger partial charge in [-0.1, -0.05) is 13.8 Å². The van der Waals surface area contributed by atoms with E-state index in [1.54, 1.807) is 0 Å². The fourth-order valence-electron chi connectivity index (χ4n) is 0.379. The third-order valence-electron chi connectivity index (χ3n) is 0.649. The maximum atomic E-state index is 10.4. The minimum atomic E-state index is -0.0602. The van der Waals surface area contributed by atoms with Crippen molar-refractivity contribution in [3.63, 3.8) is 0 Å². The Bertz CT molecular complexity index is 66.0. The van der Waals surface area contributed by atoms with Crippen LogP contribution in [0.5, 0.6) is 0 Å². The summed E-state index contributed by atoms with van der Waals surface area (Å²) in [6.45, 7) is 6.70. The first-order valence-corrected chi connectivity index (χ1v) is 3.57. The molecule has 0 rings (SSSR count). The van der Waals surface area contributed by atoms with Crippen molar-refractivity contribution in [3.8, 4) is 0 Å². The van der Waals surface area contributed by atoms with E-state index in [4.69, 9.17) is 0 Å². The average Bonchev–Trinajstić information content (AvgIpc) is 1.93. The van der Waals surface area contributed by atoms with Gasteiger partial charge in [-0.05, 0) is 6.92 Å². The molecule has 62 valence electrons. The number of hydrogen-bond acceptors (Lipinski definition) is 2. The molecule has 0 radical (unpaired) electrons. The van der Waals surface area contributed by atoms with E-state index in [0.29, 0.717) is 6.54 Å². The molecule has 0 atom stereocenters. The van der Waals surface area contributed by atoms with E-state index in [0.717, 1.165) is 0 Å². The van der Waals surface area contributed by atoms with Crippen molar-refractivity contribution >= 4 is 5.91 Å². The fraction of sp³-hybridized carbons (Fsp3) is 0.857. The molecule has 0 aromatic carbocycles. The van der Waals surface area contributed by atoms with Gasteiger partial charge in [-0.15, -0.1) is 0 Å². The molecule has 1 N–H and O–H groups in total.